The normalized spacial score (nSPS) is 19.0. The summed E-state index contributed by atoms with van der Waals surface area (Å²) in [5.74, 6) is -1.35. The van der Waals surface area contributed by atoms with Gasteiger partial charge in [0.25, 0.3) is 0 Å². The molecule has 1 saturated carbocycles. The molecule has 3 rings (SSSR count). The van der Waals surface area contributed by atoms with E-state index in [-0.39, 0.29) is 17.7 Å². The number of alkyl halides is 2. The molecule has 1 heterocycles. The summed E-state index contributed by atoms with van der Waals surface area (Å²) in [6, 6.07) is 3.70. The molecule has 0 bridgehead atoms. The summed E-state index contributed by atoms with van der Waals surface area (Å²) in [4.78, 5) is 12.4. The van der Waals surface area contributed by atoms with Gasteiger partial charge in [0.2, 0.25) is 5.76 Å². The van der Waals surface area contributed by atoms with Crippen molar-refractivity contribution >= 4 is 10.8 Å². The lowest BCUT2D eigenvalue weighted by atomic mass is 9.84. The molecule has 0 atom stereocenters. The first-order valence-corrected chi connectivity index (χ1v) is 12.8. The molecule has 1 aliphatic rings. The monoisotopic (exact) mass is 482 g/mol. The van der Waals surface area contributed by atoms with Crippen LogP contribution in [0, 0.1) is 11.7 Å². The Morgan fingerprint density at radius 1 is 1.00 bits per heavy atom. The van der Waals surface area contributed by atoms with Crippen LogP contribution in [0.5, 0.6) is 5.75 Å². The summed E-state index contributed by atoms with van der Waals surface area (Å²) < 4.78 is 59.6. The topological polar surface area (TPSA) is 48.7 Å². The zero-order valence-electron chi connectivity index (χ0n) is 20.3. The van der Waals surface area contributed by atoms with Crippen molar-refractivity contribution in [2.24, 2.45) is 5.92 Å². The first-order valence-electron chi connectivity index (χ1n) is 12.8. The van der Waals surface area contributed by atoms with Gasteiger partial charge in [0.15, 0.2) is 11.6 Å². The first kappa shape index (κ1) is 26.6. The van der Waals surface area contributed by atoms with Gasteiger partial charge in [-0.25, -0.2) is 9.18 Å². The fourth-order valence-corrected chi connectivity index (χ4v) is 4.71. The minimum atomic E-state index is -3.77. The van der Waals surface area contributed by atoms with E-state index in [2.05, 4.69) is 6.92 Å². The molecule has 4 nitrogen and oxygen atoms in total. The van der Waals surface area contributed by atoms with Crippen LogP contribution in [-0.2, 0) is 10.8 Å². The van der Waals surface area contributed by atoms with Crippen molar-refractivity contribution in [3.05, 3.63) is 40.2 Å². The van der Waals surface area contributed by atoms with Crippen LogP contribution in [0.4, 0.5) is 13.2 Å². The number of hydrogen-bond donors (Lipinski definition) is 0. The maximum Gasteiger partial charge on any atom is 0.416 e. The maximum absolute atomic E-state index is 14.9. The standard InChI is InChI=1S/C27H37F3O4/c1-3-5-6-7-8-9-10-19-11-14-21(15-12-19)34-27(29,30)23-18-20-13-16-22(32-17-4-2)25(28)24(20)26(31)33-23/h13,16,18-19,21H,3-12,14-15,17H2,1-2H3. The number of benzene rings is 1. The summed E-state index contributed by atoms with van der Waals surface area (Å²) in [5, 5.41) is -0.373. The Balaban J connectivity index is 1.58. The van der Waals surface area contributed by atoms with Crippen molar-refractivity contribution in [3.63, 3.8) is 0 Å². The summed E-state index contributed by atoms with van der Waals surface area (Å²) in [6.07, 6.45) is 7.80. The predicted octanol–water partition coefficient (Wildman–Crippen LogP) is 8.10. The third-order valence-electron chi connectivity index (χ3n) is 6.66. The van der Waals surface area contributed by atoms with Crippen molar-refractivity contribution in [1.82, 2.24) is 0 Å². The quantitative estimate of drug-likeness (QED) is 0.271. The van der Waals surface area contributed by atoms with Gasteiger partial charge >= 0.3 is 11.7 Å². The van der Waals surface area contributed by atoms with E-state index in [1.807, 2.05) is 6.92 Å². The van der Waals surface area contributed by atoms with Crippen LogP contribution in [0.3, 0.4) is 0 Å². The molecule has 1 aliphatic carbocycles. The minimum Gasteiger partial charge on any atom is -0.491 e. The Bertz CT molecular complexity index is 964. The Kier molecular flexibility index (Phi) is 9.86. The lowest BCUT2D eigenvalue weighted by Gasteiger charge is -2.30. The maximum atomic E-state index is 14.9. The van der Waals surface area contributed by atoms with Crippen molar-refractivity contribution in [1.29, 1.82) is 0 Å². The molecule has 0 radical (unpaired) electrons. The third-order valence-corrected chi connectivity index (χ3v) is 6.66. The van der Waals surface area contributed by atoms with E-state index in [0.717, 1.165) is 25.3 Å². The average Bonchev–Trinajstić information content (AvgIpc) is 2.81. The zero-order chi connectivity index (χ0) is 24.6. The molecule has 0 unspecified atom stereocenters. The van der Waals surface area contributed by atoms with E-state index >= 15 is 0 Å². The van der Waals surface area contributed by atoms with Crippen molar-refractivity contribution in [2.45, 2.75) is 103 Å². The second kappa shape index (κ2) is 12.6. The number of halogens is 3. The molecule has 0 saturated heterocycles. The minimum absolute atomic E-state index is 0.0264. The summed E-state index contributed by atoms with van der Waals surface area (Å²) in [5.41, 5.74) is -1.17. The van der Waals surface area contributed by atoms with E-state index in [1.54, 1.807) is 0 Å². The van der Waals surface area contributed by atoms with Gasteiger partial charge in [-0.3, -0.25) is 0 Å². The molecule has 0 spiro atoms. The van der Waals surface area contributed by atoms with Gasteiger partial charge in [0.05, 0.1) is 12.7 Å². The van der Waals surface area contributed by atoms with Crippen LogP contribution in [0.15, 0.2) is 27.4 Å². The van der Waals surface area contributed by atoms with Gasteiger partial charge < -0.3 is 13.9 Å². The van der Waals surface area contributed by atoms with E-state index in [1.165, 1.54) is 50.7 Å². The summed E-state index contributed by atoms with van der Waals surface area (Å²) in [7, 11) is 0. The molecule has 0 aliphatic heterocycles. The summed E-state index contributed by atoms with van der Waals surface area (Å²) in [6.45, 7) is 4.35. The number of fused-ring (bicyclic) bond motifs is 1. The van der Waals surface area contributed by atoms with Crippen molar-refractivity contribution in [3.8, 4) is 5.75 Å². The average molecular weight is 483 g/mol. The van der Waals surface area contributed by atoms with E-state index in [0.29, 0.717) is 25.2 Å². The highest BCUT2D eigenvalue weighted by Gasteiger charge is 2.41. The van der Waals surface area contributed by atoms with Gasteiger partial charge in [-0.05, 0) is 55.5 Å². The Morgan fingerprint density at radius 2 is 1.71 bits per heavy atom. The van der Waals surface area contributed by atoms with Crippen LogP contribution in [0.2, 0.25) is 0 Å². The largest absolute Gasteiger partial charge is 0.491 e. The first-order chi connectivity index (χ1) is 16.4. The molecular formula is C27H37F3O4. The molecule has 1 fully saturated rings. The van der Waals surface area contributed by atoms with Crippen LogP contribution >= 0.6 is 0 Å². The second-order valence-corrected chi connectivity index (χ2v) is 9.42. The SMILES string of the molecule is CCCCCCCCC1CCC(OC(F)(F)c2cc3ccc(OCCC)c(F)c3c(=O)o2)CC1. The smallest absolute Gasteiger partial charge is 0.416 e. The number of ether oxygens (including phenoxy) is 2. The second-order valence-electron chi connectivity index (χ2n) is 9.42. The molecule has 2 aromatic rings. The van der Waals surface area contributed by atoms with Gasteiger partial charge in [-0.15, -0.1) is 0 Å². The lowest BCUT2D eigenvalue weighted by molar-refractivity contribution is -0.287. The van der Waals surface area contributed by atoms with E-state index in [4.69, 9.17) is 13.9 Å². The van der Waals surface area contributed by atoms with Crippen LogP contribution in [0.25, 0.3) is 10.8 Å². The van der Waals surface area contributed by atoms with E-state index in [9.17, 15) is 18.0 Å². The Labute approximate surface area is 199 Å². The Hall–Kier alpha value is -2.02. The predicted molar refractivity (Wildman–Crippen MR) is 127 cm³/mol. The van der Waals surface area contributed by atoms with Gasteiger partial charge in [0, 0.05) is 0 Å². The van der Waals surface area contributed by atoms with E-state index < -0.39 is 34.8 Å². The highest BCUT2D eigenvalue weighted by atomic mass is 19.3. The molecular weight excluding hydrogens is 445 g/mol. The fourth-order valence-electron chi connectivity index (χ4n) is 4.71. The molecule has 1 aromatic heterocycles. The molecule has 0 amide bonds. The lowest BCUT2D eigenvalue weighted by Crippen LogP contribution is -2.30. The third kappa shape index (κ3) is 7.00. The molecule has 7 heteroatoms. The number of unbranched alkanes of at least 4 members (excludes halogenated alkanes) is 5. The van der Waals surface area contributed by atoms with Gasteiger partial charge in [-0.1, -0.05) is 64.9 Å². The molecule has 0 N–H and O–H groups in total. The highest BCUT2D eigenvalue weighted by Crippen LogP contribution is 2.38. The molecule has 1 aromatic carbocycles. The summed E-state index contributed by atoms with van der Waals surface area (Å²) >= 11 is 0. The molecule has 34 heavy (non-hydrogen) atoms. The number of rotatable bonds is 13. The molecule has 190 valence electrons. The van der Waals surface area contributed by atoms with Crippen LogP contribution < -0.4 is 10.4 Å². The van der Waals surface area contributed by atoms with Crippen LogP contribution in [0.1, 0.15) is 96.7 Å². The van der Waals surface area contributed by atoms with Gasteiger partial charge in [-0.2, -0.15) is 8.78 Å². The van der Waals surface area contributed by atoms with Crippen LogP contribution in [-0.4, -0.2) is 12.7 Å². The van der Waals surface area contributed by atoms with Gasteiger partial charge in [0.1, 0.15) is 5.39 Å². The number of hydrogen-bond acceptors (Lipinski definition) is 4. The van der Waals surface area contributed by atoms with Crippen molar-refractivity contribution < 1.29 is 27.1 Å². The fraction of sp³-hybridized carbons (Fsp3) is 0.667. The van der Waals surface area contributed by atoms with Crippen molar-refractivity contribution in [2.75, 3.05) is 6.61 Å². The highest BCUT2D eigenvalue weighted by molar-refractivity contribution is 5.83. The Morgan fingerprint density at radius 3 is 2.41 bits per heavy atom. The zero-order valence-corrected chi connectivity index (χ0v) is 20.3.